The Balaban J connectivity index is 2.29. The fourth-order valence-electron chi connectivity index (χ4n) is 2.11. The number of aromatic hydroxyl groups is 2. The van der Waals surface area contributed by atoms with Gasteiger partial charge in [0, 0.05) is 11.5 Å². The Morgan fingerprint density at radius 2 is 1.42 bits per heavy atom. The summed E-state index contributed by atoms with van der Waals surface area (Å²) in [5.41, 5.74) is 1.47. The highest BCUT2D eigenvalue weighted by molar-refractivity contribution is 6.01. The van der Waals surface area contributed by atoms with Gasteiger partial charge in [-0.15, -0.1) is 0 Å². The zero-order valence-corrected chi connectivity index (χ0v) is 10.7. The third kappa shape index (κ3) is 2.94. The van der Waals surface area contributed by atoms with Gasteiger partial charge in [0.15, 0.2) is 5.78 Å². The van der Waals surface area contributed by atoms with Crippen LogP contribution in [0.2, 0.25) is 0 Å². The molecule has 0 aromatic heterocycles. The lowest BCUT2D eigenvalue weighted by molar-refractivity contribution is 0.0957. The van der Waals surface area contributed by atoms with Gasteiger partial charge in [0.2, 0.25) is 0 Å². The summed E-state index contributed by atoms with van der Waals surface area (Å²) in [5.74, 6) is 0.128. The normalized spacial score (nSPS) is 12.1. The molecule has 2 aromatic rings. The standard InChI is InChI=1S/C16H16O3/c1-2-15(11-3-7-13(17)8-4-11)16(19)12-5-9-14(18)10-6-12/h3-10,15,17-18H,2H2,1H3/t15-/m1/s1. The molecule has 0 fully saturated rings. The molecule has 2 rings (SSSR count). The lowest BCUT2D eigenvalue weighted by Crippen LogP contribution is -2.12. The summed E-state index contributed by atoms with van der Waals surface area (Å²) >= 11 is 0. The highest BCUT2D eigenvalue weighted by Gasteiger charge is 2.20. The molecule has 0 amide bonds. The second kappa shape index (κ2) is 5.57. The lowest BCUT2D eigenvalue weighted by atomic mass is 9.88. The molecule has 0 saturated carbocycles. The lowest BCUT2D eigenvalue weighted by Gasteiger charge is -2.14. The fourth-order valence-corrected chi connectivity index (χ4v) is 2.11. The second-order valence-corrected chi connectivity index (χ2v) is 4.46. The van der Waals surface area contributed by atoms with Crippen molar-refractivity contribution in [2.24, 2.45) is 0 Å². The summed E-state index contributed by atoms with van der Waals surface area (Å²) in [6.45, 7) is 1.95. The number of phenolic OH excluding ortho intramolecular Hbond substituents is 2. The first-order valence-electron chi connectivity index (χ1n) is 6.24. The van der Waals surface area contributed by atoms with Gasteiger partial charge in [-0.3, -0.25) is 4.79 Å². The van der Waals surface area contributed by atoms with Crippen molar-refractivity contribution in [2.45, 2.75) is 19.3 Å². The molecule has 3 heteroatoms. The Bertz CT molecular complexity index is 556. The molecule has 0 aliphatic heterocycles. The monoisotopic (exact) mass is 256 g/mol. The van der Waals surface area contributed by atoms with E-state index in [1.54, 1.807) is 36.4 Å². The minimum absolute atomic E-state index is 0.0215. The van der Waals surface area contributed by atoms with Crippen molar-refractivity contribution in [3.05, 3.63) is 59.7 Å². The number of carbonyl (C=O) groups is 1. The van der Waals surface area contributed by atoms with Gasteiger partial charge in [0.1, 0.15) is 11.5 Å². The highest BCUT2D eigenvalue weighted by Crippen LogP contribution is 2.26. The quantitative estimate of drug-likeness (QED) is 0.823. The van der Waals surface area contributed by atoms with Gasteiger partial charge in [0.05, 0.1) is 0 Å². The summed E-state index contributed by atoms with van der Waals surface area (Å²) in [5, 5.41) is 18.5. The van der Waals surface area contributed by atoms with E-state index in [9.17, 15) is 15.0 Å². The van der Waals surface area contributed by atoms with E-state index >= 15 is 0 Å². The molecule has 3 nitrogen and oxygen atoms in total. The van der Waals surface area contributed by atoms with Crippen LogP contribution in [0.3, 0.4) is 0 Å². The van der Waals surface area contributed by atoms with Crippen LogP contribution in [0.15, 0.2) is 48.5 Å². The van der Waals surface area contributed by atoms with E-state index < -0.39 is 0 Å². The Kier molecular flexibility index (Phi) is 3.85. The first kappa shape index (κ1) is 13.1. The van der Waals surface area contributed by atoms with Crippen LogP contribution in [0.1, 0.15) is 35.2 Å². The number of ketones is 1. The largest absolute Gasteiger partial charge is 0.508 e. The molecule has 2 N–H and O–H groups in total. The molecule has 2 aromatic carbocycles. The molecule has 0 aliphatic rings. The topological polar surface area (TPSA) is 57.5 Å². The van der Waals surface area contributed by atoms with Gasteiger partial charge in [-0.25, -0.2) is 0 Å². The van der Waals surface area contributed by atoms with Crippen molar-refractivity contribution in [1.82, 2.24) is 0 Å². The molecular weight excluding hydrogens is 240 g/mol. The van der Waals surface area contributed by atoms with E-state index in [0.29, 0.717) is 12.0 Å². The van der Waals surface area contributed by atoms with Gasteiger partial charge in [-0.2, -0.15) is 0 Å². The predicted molar refractivity (Wildman–Crippen MR) is 73.6 cm³/mol. The van der Waals surface area contributed by atoms with Crippen LogP contribution in [0.5, 0.6) is 11.5 Å². The first-order chi connectivity index (χ1) is 9.11. The molecule has 98 valence electrons. The van der Waals surface area contributed by atoms with Crippen LogP contribution in [0.4, 0.5) is 0 Å². The third-order valence-electron chi connectivity index (χ3n) is 3.17. The molecular formula is C16H16O3. The van der Waals surface area contributed by atoms with E-state index in [1.165, 1.54) is 12.1 Å². The fraction of sp³-hybridized carbons (Fsp3) is 0.188. The van der Waals surface area contributed by atoms with E-state index in [1.807, 2.05) is 6.92 Å². The maximum atomic E-state index is 12.4. The summed E-state index contributed by atoms with van der Waals surface area (Å²) in [7, 11) is 0. The van der Waals surface area contributed by atoms with Crippen LogP contribution in [-0.2, 0) is 0 Å². The van der Waals surface area contributed by atoms with Crippen molar-refractivity contribution in [2.75, 3.05) is 0 Å². The van der Waals surface area contributed by atoms with Crippen LogP contribution < -0.4 is 0 Å². The van der Waals surface area contributed by atoms with Crippen molar-refractivity contribution in [3.8, 4) is 11.5 Å². The third-order valence-corrected chi connectivity index (χ3v) is 3.17. The van der Waals surface area contributed by atoms with E-state index in [0.717, 1.165) is 5.56 Å². The van der Waals surface area contributed by atoms with Gasteiger partial charge in [-0.05, 0) is 48.4 Å². The Labute approximate surface area is 112 Å². The molecule has 0 unspecified atom stereocenters. The molecule has 1 atom stereocenters. The summed E-state index contributed by atoms with van der Waals surface area (Å²) in [4.78, 5) is 12.4. The predicted octanol–water partition coefficient (Wildman–Crippen LogP) is 3.47. The zero-order valence-electron chi connectivity index (χ0n) is 10.7. The number of carbonyl (C=O) groups excluding carboxylic acids is 1. The maximum Gasteiger partial charge on any atom is 0.170 e. The summed E-state index contributed by atoms with van der Waals surface area (Å²) in [6, 6.07) is 13.0. The minimum Gasteiger partial charge on any atom is -0.508 e. The molecule has 0 saturated heterocycles. The number of rotatable bonds is 4. The van der Waals surface area contributed by atoms with Gasteiger partial charge in [0.25, 0.3) is 0 Å². The minimum atomic E-state index is -0.231. The zero-order chi connectivity index (χ0) is 13.8. The molecule has 0 heterocycles. The van der Waals surface area contributed by atoms with E-state index in [-0.39, 0.29) is 23.2 Å². The van der Waals surface area contributed by atoms with Crippen molar-refractivity contribution in [3.63, 3.8) is 0 Å². The number of benzene rings is 2. The highest BCUT2D eigenvalue weighted by atomic mass is 16.3. The smallest absolute Gasteiger partial charge is 0.170 e. The van der Waals surface area contributed by atoms with Gasteiger partial charge in [-0.1, -0.05) is 19.1 Å². The Morgan fingerprint density at radius 1 is 0.947 bits per heavy atom. The van der Waals surface area contributed by atoms with Gasteiger partial charge >= 0.3 is 0 Å². The van der Waals surface area contributed by atoms with E-state index in [4.69, 9.17) is 0 Å². The van der Waals surface area contributed by atoms with Crippen molar-refractivity contribution >= 4 is 5.78 Å². The average molecular weight is 256 g/mol. The number of phenols is 2. The maximum absolute atomic E-state index is 12.4. The SMILES string of the molecule is CC[C@@H](C(=O)c1ccc(O)cc1)c1ccc(O)cc1. The summed E-state index contributed by atoms with van der Waals surface area (Å²) < 4.78 is 0. The van der Waals surface area contributed by atoms with Crippen LogP contribution >= 0.6 is 0 Å². The van der Waals surface area contributed by atoms with Crippen molar-refractivity contribution in [1.29, 1.82) is 0 Å². The van der Waals surface area contributed by atoms with Crippen LogP contribution in [0, 0.1) is 0 Å². The van der Waals surface area contributed by atoms with E-state index in [2.05, 4.69) is 0 Å². The molecule has 0 aliphatic carbocycles. The molecule has 0 spiro atoms. The molecule has 19 heavy (non-hydrogen) atoms. The number of hydrogen-bond acceptors (Lipinski definition) is 3. The van der Waals surface area contributed by atoms with Gasteiger partial charge < -0.3 is 10.2 Å². The second-order valence-electron chi connectivity index (χ2n) is 4.46. The average Bonchev–Trinajstić information content (AvgIpc) is 2.42. The Morgan fingerprint density at radius 3 is 1.89 bits per heavy atom. The first-order valence-corrected chi connectivity index (χ1v) is 6.24. The van der Waals surface area contributed by atoms with Crippen LogP contribution in [0.25, 0.3) is 0 Å². The van der Waals surface area contributed by atoms with Crippen molar-refractivity contribution < 1.29 is 15.0 Å². The number of hydrogen-bond donors (Lipinski definition) is 2. The summed E-state index contributed by atoms with van der Waals surface area (Å²) in [6.07, 6.45) is 0.685. The number of Topliss-reactive ketones (excluding diaryl/α,β-unsaturated/α-hetero) is 1. The molecule has 0 radical (unpaired) electrons. The molecule has 0 bridgehead atoms. The van der Waals surface area contributed by atoms with Crippen LogP contribution in [-0.4, -0.2) is 16.0 Å². The Hall–Kier alpha value is -2.29.